The third-order valence-electron chi connectivity index (χ3n) is 2.69. The van der Waals surface area contributed by atoms with Crippen molar-refractivity contribution in [2.24, 2.45) is 0 Å². The summed E-state index contributed by atoms with van der Waals surface area (Å²) in [6, 6.07) is 3.95. The molecule has 2 heterocycles. The summed E-state index contributed by atoms with van der Waals surface area (Å²) in [4.78, 5) is 18.2. The minimum atomic E-state index is -0.322. The third kappa shape index (κ3) is 2.94. The van der Waals surface area contributed by atoms with Gasteiger partial charge in [0.2, 0.25) is 11.9 Å². The second kappa shape index (κ2) is 5.14. The Balaban J connectivity index is 2.14. The molecule has 0 spiro atoms. The normalized spacial score (nSPS) is 15.8. The molecule has 1 aromatic rings. The second-order valence-electron chi connectivity index (χ2n) is 4.03. The molecule has 0 amide bonds. The lowest BCUT2D eigenvalue weighted by Crippen LogP contribution is -2.47. The van der Waals surface area contributed by atoms with Gasteiger partial charge in [-0.3, -0.25) is 0 Å². The maximum Gasteiger partial charge on any atom is 0.377 e. The Morgan fingerprint density at radius 2 is 2.18 bits per heavy atom. The number of aromatic nitrogens is 1. The second-order valence-corrected chi connectivity index (χ2v) is 4.03. The monoisotopic (exact) mass is 237 g/mol. The molecule has 92 valence electrons. The number of hydrogen-bond donors (Lipinski definition) is 0. The molecule has 1 saturated heterocycles. The van der Waals surface area contributed by atoms with Crippen LogP contribution in [0.25, 0.3) is 0 Å². The summed E-state index contributed by atoms with van der Waals surface area (Å²) < 4.78 is 6.79. The van der Waals surface area contributed by atoms with Gasteiger partial charge >= 0.3 is 5.97 Å². The van der Waals surface area contributed by atoms with Gasteiger partial charge in [0.25, 0.3) is 0 Å². The Labute approximate surface area is 101 Å². The van der Waals surface area contributed by atoms with Gasteiger partial charge in [-0.05, 0) is 0 Å². The lowest BCUT2D eigenvalue weighted by atomic mass is 10.3. The van der Waals surface area contributed by atoms with Crippen LogP contribution in [0.4, 0.5) is 5.69 Å². The molecule has 0 aromatic carbocycles. The zero-order valence-electron chi connectivity index (χ0n) is 10.2. The number of carbonyl (C=O) groups excluding carboxylic acids is 1. The zero-order chi connectivity index (χ0) is 12.3. The minimum Gasteiger partial charge on any atom is -0.378 e. The Morgan fingerprint density at radius 3 is 2.76 bits per heavy atom. The zero-order valence-corrected chi connectivity index (χ0v) is 10.2. The Kier molecular flexibility index (Phi) is 3.58. The summed E-state index contributed by atoms with van der Waals surface area (Å²) >= 11 is 0. The molecule has 1 aliphatic rings. The van der Waals surface area contributed by atoms with E-state index in [4.69, 9.17) is 9.57 Å². The molecule has 0 radical (unpaired) electrons. The molecule has 17 heavy (non-hydrogen) atoms. The maximum atomic E-state index is 10.9. The predicted molar refractivity (Wildman–Crippen MR) is 61.7 cm³/mol. The summed E-state index contributed by atoms with van der Waals surface area (Å²) in [6.07, 6.45) is 1.77. The molecule has 0 unspecified atom stereocenters. The van der Waals surface area contributed by atoms with E-state index in [-0.39, 0.29) is 5.97 Å². The molecule has 5 heteroatoms. The van der Waals surface area contributed by atoms with Crippen LogP contribution in [-0.4, -0.2) is 32.3 Å². The van der Waals surface area contributed by atoms with E-state index in [0.717, 1.165) is 37.7 Å². The first-order valence-corrected chi connectivity index (χ1v) is 5.71. The Hall–Kier alpha value is -1.62. The predicted octanol–water partition coefficient (Wildman–Crippen LogP) is 0.0942. The molecular weight excluding hydrogens is 220 g/mol. The highest BCUT2D eigenvalue weighted by Gasteiger charge is 2.16. The van der Waals surface area contributed by atoms with Crippen molar-refractivity contribution in [1.29, 1.82) is 0 Å². The van der Waals surface area contributed by atoms with Crippen LogP contribution in [0.2, 0.25) is 0 Å². The van der Waals surface area contributed by atoms with E-state index in [1.165, 1.54) is 11.7 Å². The summed E-state index contributed by atoms with van der Waals surface area (Å²) in [5.41, 5.74) is 2.03. The van der Waals surface area contributed by atoms with Crippen LogP contribution in [0, 0.1) is 6.92 Å². The SMILES string of the molecule is CC(=O)O[n+]1ccc(N2CCOCC2)cc1C. The molecule has 0 aliphatic carbocycles. The standard InChI is InChI=1S/C12H17N2O3/c1-10-9-12(13-5-7-16-8-6-13)3-4-14(10)17-11(2)15/h3-4,9H,5-8H2,1-2H3/q+1. The fraction of sp³-hybridized carbons (Fsp3) is 0.500. The summed E-state index contributed by atoms with van der Waals surface area (Å²) in [7, 11) is 0. The minimum absolute atomic E-state index is 0.322. The summed E-state index contributed by atoms with van der Waals surface area (Å²) in [6.45, 7) is 6.62. The van der Waals surface area contributed by atoms with Crippen molar-refractivity contribution in [2.75, 3.05) is 31.2 Å². The number of nitrogens with zero attached hydrogens (tertiary/aromatic N) is 2. The average molecular weight is 237 g/mol. The first kappa shape index (κ1) is 11.9. The molecule has 0 saturated carbocycles. The van der Waals surface area contributed by atoms with Crippen LogP contribution in [0.15, 0.2) is 18.3 Å². The Morgan fingerprint density at radius 1 is 1.47 bits per heavy atom. The van der Waals surface area contributed by atoms with Crippen molar-refractivity contribution >= 4 is 11.7 Å². The first-order chi connectivity index (χ1) is 8.16. The van der Waals surface area contributed by atoms with Crippen molar-refractivity contribution in [2.45, 2.75) is 13.8 Å². The van der Waals surface area contributed by atoms with Crippen LogP contribution in [0.5, 0.6) is 0 Å². The van der Waals surface area contributed by atoms with E-state index in [1.807, 2.05) is 19.1 Å². The van der Waals surface area contributed by atoms with Crippen LogP contribution in [0.3, 0.4) is 0 Å². The van der Waals surface area contributed by atoms with Gasteiger partial charge in [-0.15, -0.1) is 0 Å². The number of anilines is 1. The van der Waals surface area contributed by atoms with Crippen molar-refractivity contribution in [1.82, 2.24) is 0 Å². The largest absolute Gasteiger partial charge is 0.378 e. The fourth-order valence-electron chi connectivity index (χ4n) is 1.85. The van der Waals surface area contributed by atoms with Crippen LogP contribution >= 0.6 is 0 Å². The summed E-state index contributed by atoms with van der Waals surface area (Å²) in [5.74, 6) is -0.322. The molecule has 0 bridgehead atoms. The molecule has 1 fully saturated rings. The third-order valence-corrected chi connectivity index (χ3v) is 2.69. The lowest BCUT2D eigenvalue weighted by molar-refractivity contribution is -0.873. The van der Waals surface area contributed by atoms with Crippen molar-refractivity contribution in [3.63, 3.8) is 0 Å². The number of aryl methyl sites for hydroxylation is 1. The van der Waals surface area contributed by atoms with E-state index in [2.05, 4.69) is 4.90 Å². The maximum absolute atomic E-state index is 10.9. The van der Waals surface area contributed by atoms with Crippen LogP contribution < -0.4 is 14.5 Å². The van der Waals surface area contributed by atoms with E-state index < -0.39 is 0 Å². The van der Waals surface area contributed by atoms with Crippen molar-refractivity contribution < 1.29 is 19.1 Å². The first-order valence-electron chi connectivity index (χ1n) is 5.71. The number of morpholine rings is 1. The van der Waals surface area contributed by atoms with Crippen LogP contribution in [0.1, 0.15) is 12.6 Å². The molecule has 5 nitrogen and oxygen atoms in total. The number of ether oxygens (including phenoxy) is 1. The van der Waals surface area contributed by atoms with Crippen molar-refractivity contribution in [3.05, 3.63) is 24.0 Å². The van der Waals surface area contributed by atoms with Gasteiger partial charge in [0.15, 0.2) is 0 Å². The number of pyridine rings is 1. The van der Waals surface area contributed by atoms with E-state index in [1.54, 1.807) is 6.20 Å². The molecule has 2 rings (SSSR count). The average Bonchev–Trinajstić information content (AvgIpc) is 2.32. The van der Waals surface area contributed by atoms with E-state index in [9.17, 15) is 4.79 Å². The van der Waals surface area contributed by atoms with Gasteiger partial charge in [0.05, 0.1) is 13.2 Å². The number of rotatable bonds is 2. The molecule has 0 atom stereocenters. The van der Waals surface area contributed by atoms with Crippen LogP contribution in [-0.2, 0) is 9.53 Å². The lowest BCUT2D eigenvalue weighted by Gasteiger charge is -2.28. The van der Waals surface area contributed by atoms with Gasteiger partial charge in [-0.25, -0.2) is 4.79 Å². The van der Waals surface area contributed by atoms with E-state index in [0.29, 0.717) is 0 Å². The van der Waals surface area contributed by atoms with Gasteiger partial charge in [-0.1, -0.05) is 0 Å². The molecule has 1 aliphatic heterocycles. The topological polar surface area (TPSA) is 42.7 Å². The molecule has 0 N–H and O–H groups in total. The van der Waals surface area contributed by atoms with Gasteiger partial charge in [-0.2, -0.15) is 4.84 Å². The fourth-order valence-corrected chi connectivity index (χ4v) is 1.85. The highest BCUT2D eigenvalue weighted by Crippen LogP contribution is 2.14. The smallest absolute Gasteiger partial charge is 0.377 e. The highest BCUT2D eigenvalue weighted by atomic mass is 16.7. The number of hydrogen-bond acceptors (Lipinski definition) is 4. The summed E-state index contributed by atoms with van der Waals surface area (Å²) in [5, 5.41) is 0. The van der Waals surface area contributed by atoms with Crippen molar-refractivity contribution in [3.8, 4) is 0 Å². The van der Waals surface area contributed by atoms with Gasteiger partial charge < -0.3 is 9.64 Å². The Bertz CT molecular complexity index is 414. The van der Waals surface area contributed by atoms with E-state index >= 15 is 0 Å². The van der Waals surface area contributed by atoms with Gasteiger partial charge in [0.1, 0.15) is 0 Å². The number of carbonyl (C=O) groups is 1. The quantitative estimate of drug-likeness (QED) is 0.684. The van der Waals surface area contributed by atoms with Gasteiger partial charge in [0, 0.05) is 49.5 Å². The highest BCUT2D eigenvalue weighted by molar-refractivity contribution is 5.65. The molecule has 1 aromatic heterocycles. The molecular formula is C12H17N2O3+.